The Labute approximate surface area is 548 Å². The average molecular weight is 1590 g/mol. The van der Waals surface area contributed by atoms with Gasteiger partial charge in [-0.25, -0.2) is 0 Å². The topological polar surface area (TPSA) is 142 Å². The Balaban J connectivity index is 0.000000653. The third-order valence-corrected chi connectivity index (χ3v) is 11.1. The minimum absolute atomic E-state index is 0. The number of alkyl halides is 36. The van der Waals surface area contributed by atoms with Crippen LogP contribution < -0.4 is 20.4 Å². The number of hydrogen-bond donors (Lipinski definition) is 0. The summed E-state index contributed by atoms with van der Waals surface area (Å²) in [6.45, 7) is -5.12. The minimum Gasteiger partial charge on any atom is -0.869 e. The van der Waals surface area contributed by atoms with Gasteiger partial charge in [-0.15, -0.1) is 0 Å². The summed E-state index contributed by atoms with van der Waals surface area (Å²) in [6.07, 6.45) is -69.7. The molecule has 0 aliphatic heterocycles. The molecule has 0 radical (unpaired) electrons. The van der Waals surface area contributed by atoms with Gasteiger partial charge in [-0.1, -0.05) is 0 Å². The van der Waals surface area contributed by atoms with Crippen molar-refractivity contribution in [2.24, 2.45) is 20.0 Å². The van der Waals surface area contributed by atoms with E-state index in [0.717, 1.165) is 0 Å². The molecule has 0 spiro atoms. The van der Waals surface area contributed by atoms with Crippen molar-refractivity contribution < 1.29 is 220 Å². The van der Waals surface area contributed by atoms with Crippen molar-refractivity contribution in [3.8, 4) is 0 Å². The van der Waals surface area contributed by atoms with Gasteiger partial charge in [-0.2, -0.15) is 158 Å². The van der Waals surface area contributed by atoms with Gasteiger partial charge in [0.2, 0.25) is 0 Å². The predicted octanol–water partition coefficient (Wildman–Crippen LogP) is 15.3. The van der Waals surface area contributed by atoms with Crippen molar-refractivity contribution in [1.29, 1.82) is 0 Å². The van der Waals surface area contributed by atoms with Crippen LogP contribution in [0, 0.1) is 41.7 Å². The van der Waals surface area contributed by atoms with Crippen LogP contribution in [0.3, 0.4) is 0 Å². The van der Waals surface area contributed by atoms with Gasteiger partial charge < -0.3 is 20.4 Å². The molecule has 97 heavy (non-hydrogen) atoms. The Morgan fingerprint density at radius 3 is 0.433 bits per heavy atom. The quantitative estimate of drug-likeness (QED) is 0.0536. The molecular weight excluding hydrogens is 1570 g/mol. The number of benzene rings is 4. The van der Waals surface area contributed by atoms with Crippen molar-refractivity contribution in [2.75, 3.05) is 26.2 Å². The van der Waals surface area contributed by atoms with Crippen LogP contribution in [0.15, 0.2) is 140 Å². The molecule has 0 unspecified atom stereocenters. The Hall–Kier alpha value is -7.42. The van der Waals surface area contributed by atoms with Gasteiger partial charge in [-0.05, 0) is 120 Å². The number of aliphatic imine (C=N–C) groups is 4. The summed E-state index contributed by atoms with van der Waals surface area (Å²) in [4.78, 5) is 12.9. The van der Waals surface area contributed by atoms with E-state index in [-0.39, 0.29) is 90.3 Å². The normalized spacial score (nSPS) is 15.1. The van der Waals surface area contributed by atoms with Gasteiger partial charge in [0, 0.05) is 22.3 Å². The molecule has 0 amide bonds. The van der Waals surface area contributed by atoms with Crippen LogP contribution in [0.4, 0.5) is 158 Å². The van der Waals surface area contributed by atoms with E-state index in [1.165, 1.54) is 0 Å². The fourth-order valence-corrected chi connectivity index (χ4v) is 6.80. The van der Waals surface area contributed by atoms with E-state index < -0.39 is 262 Å². The Morgan fingerprint density at radius 1 is 0.227 bits per heavy atom. The molecule has 8 nitrogen and oxygen atoms in total. The molecule has 0 aromatic heterocycles. The summed E-state index contributed by atoms with van der Waals surface area (Å²) in [5.41, 5.74) is -28.4. The second-order valence-electron chi connectivity index (χ2n) is 18.3. The third kappa shape index (κ3) is 26.4. The summed E-state index contributed by atoms with van der Waals surface area (Å²) >= 11 is 0. The van der Waals surface area contributed by atoms with E-state index in [1.807, 2.05) is 0 Å². The standard InChI is InChI=1S/2C26H14F18N2O2.Ce/c2*27-21(28,29)13-3-11(4-14(7-13)22(30,31)32)17(9-19(47)25(39,40)41)45-1-2-46-18(10-20(48)26(42,43)44)12-5-15(23(33,34)35)8-16(6-12)24(36,37)38;/h2*3-10,47-48H,1-2H2;/q;;+4/p-4/b2*19-9-,20-10-,45-17-,46-18-;. The van der Waals surface area contributed by atoms with Crippen LogP contribution >= 0.6 is 0 Å². The number of halogens is 36. The molecule has 0 aliphatic rings. The van der Waals surface area contributed by atoms with Crippen molar-refractivity contribution in [3.05, 3.63) is 187 Å². The molecular formula is C52H24CeF36N4O4. The van der Waals surface area contributed by atoms with Crippen LogP contribution in [0.5, 0.6) is 0 Å². The predicted molar refractivity (Wildman–Crippen MR) is 248 cm³/mol. The van der Waals surface area contributed by atoms with Gasteiger partial charge in [0.1, 0.15) is 0 Å². The van der Waals surface area contributed by atoms with Crippen LogP contribution in [0.25, 0.3) is 0 Å². The summed E-state index contributed by atoms with van der Waals surface area (Å²) in [5.74, 6) is -11.5. The minimum atomic E-state index is -5.77. The van der Waals surface area contributed by atoms with Crippen LogP contribution in [0.2, 0.25) is 0 Å². The van der Waals surface area contributed by atoms with E-state index in [2.05, 4.69) is 20.0 Å². The van der Waals surface area contributed by atoms with E-state index in [4.69, 9.17) is 0 Å². The molecule has 0 saturated carbocycles. The van der Waals surface area contributed by atoms with Crippen molar-refractivity contribution >= 4 is 22.8 Å². The average Bonchev–Trinajstić information content (AvgIpc) is 0.814. The molecule has 0 bridgehead atoms. The maximum absolute atomic E-state index is 13.3. The van der Waals surface area contributed by atoms with E-state index in [0.29, 0.717) is 0 Å². The first-order chi connectivity index (χ1) is 42.8. The van der Waals surface area contributed by atoms with Gasteiger partial charge in [0.05, 0.1) is 93.5 Å². The van der Waals surface area contributed by atoms with E-state index >= 15 is 0 Å². The molecule has 4 aromatic carbocycles. The maximum atomic E-state index is 13.3. The molecule has 0 aliphatic carbocycles. The molecule has 0 heterocycles. The van der Waals surface area contributed by atoms with Gasteiger partial charge >= 0.3 is 116 Å². The molecule has 0 N–H and O–H groups in total. The monoisotopic (exact) mass is 1590 g/mol. The van der Waals surface area contributed by atoms with Crippen molar-refractivity contribution in [1.82, 2.24) is 0 Å². The Kier molecular flexibility index (Phi) is 27.2. The van der Waals surface area contributed by atoms with E-state index in [1.54, 1.807) is 0 Å². The van der Waals surface area contributed by atoms with Crippen molar-refractivity contribution in [3.63, 3.8) is 0 Å². The third-order valence-electron chi connectivity index (χ3n) is 11.1. The first-order valence-electron chi connectivity index (χ1n) is 24.0. The number of allylic oxidation sites excluding steroid dienone is 8. The second kappa shape index (κ2) is 30.8. The van der Waals surface area contributed by atoms with Gasteiger partial charge in [0.15, 0.2) is 0 Å². The summed E-state index contributed by atoms with van der Waals surface area (Å²) in [5, 5.41) is 46.1. The summed E-state index contributed by atoms with van der Waals surface area (Å²) < 4.78 is 473. The molecule has 0 atom stereocenters. The maximum Gasteiger partial charge on any atom is 4.00 e. The van der Waals surface area contributed by atoms with Crippen LogP contribution in [-0.2, 0) is 49.4 Å². The zero-order chi connectivity index (χ0) is 74.5. The number of rotatable bonds is 14. The number of nitrogens with zero attached hydrogens (tertiary/aromatic N) is 4. The molecule has 0 saturated heterocycles. The molecule has 4 aromatic rings. The Morgan fingerprint density at radius 2 is 0.340 bits per heavy atom. The Bertz CT molecular complexity index is 3080. The first kappa shape index (κ1) is 85.7. The molecule has 45 heteroatoms. The molecule has 532 valence electrons. The van der Waals surface area contributed by atoms with Crippen molar-refractivity contribution in [2.45, 2.75) is 74.1 Å². The number of hydrogen-bond acceptors (Lipinski definition) is 8. The summed E-state index contributed by atoms with van der Waals surface area (Å²) in [6, 6.07) is -3.00. The van der Waals surface area contributed by atoms with Crippen LogP contribution in [0.1, 0.15) is 66.8 Å². The first-order valence-corrected chi connectivity index (χ1v) is 24.0. The molecule has 0 fully saturated rings. The van der Waals surface area contributed by atoms with Crippen LogP contribution in [-0.4, -0.2) is 73.7 Å². The fraction of sp³-hybridized carbons (Fsp3) is 0.308. The van der Waals surface area contributed by atoms with Gasteiger partial charge in [-0.3, -0.25) is 20.0 Å². The second-order valence-corrected chi connectivity index (χ2v) is 18.3. The largest absolute Gasteiger partial charge is 4.00 e. The van der Waals surface area contributed by atoms with E-state index in [9.17, 15) is 178 Å². The SMILES string of the molecule is [Ce+4].[O-]/C(=C\C(=N\CC/N=C(/C=C(\[O-])C(F)(F)F)c1cc(C(F)(F)F)cc(C(F)(F)F)c1)c1cc(C(F)(F)F)cc(C(F)(F)F)c1)C(F)(F)F.[O-]/C(=C\C(=N\CC/N=C(/C=C(\[O-])C(F)(F)F)c1cc(C(F)(F)F)cc(C(F)(F)F)c1)c1cc(C(F)(F)F)cc(C(F)(F)F)c1)C(F)(F)F. The zero-order valence-corrected chi connectivity index (χ0v) is 48.7. The summed E-state index contributed by atoms with van der Waals surface area (Å²) in [7, 11) is 0. The molecule has 4 rings (SSSR count). The smallest absolute Gasteiger partial charge is 0.869 e. The van der Waals surface area contributed by atoms with Gasteiger partial charge in [0.25, 0.3) is 0 Å². The zero-order valence-electron chi connectivity index (χ0n) is 45.6. The fourth-order valence-electron chi connectivity index (χ4n) is 6.80.